The fourth-order valence-corrected chi connectivity index (χ4v) is 1.84. The highest BCUT2D eigenvalue weighted by Crippen LogP contribution is 2.26. The monoisotopic (exact) mass is 276 g/mol. The van der Waals surface area contributed by atoms with Gasteiger partial charge in [0.15, 0.2) is 0 Å². The van der Waals surface area contributed by atoms with Crippen LogP contribution in [0.5, 0.6) is 0 Å². The summed E-state index contributed by atoms with van der Waals surface area (Å²) >= 11 is 0. The first-order valence-electron chi connectivity index (χ1n) is 6.11. The molecule has 3 N–H and O–H groups in total. The zero-order valence-corrected chi connectivity index (χ0v) is 10.6. The van der Waals surface area contributed by atoms with E-state index in [2.05, 4.69) is 0 Å². The Morgan fingerprint density at radius 3 is 2.32 bits per heavy atom. The molecule has 6 heteroatoms. The minimum absolute atomic E-state index is 0.179. The summed E-state index contributed by atoms with van der Waals surface area (Å²) in [5, 5.41) is 8.95. The van der Waals surface area contributed by atoms with E-state index in [1.807, 2.05) is 30.3 Å². The summed E-state index contributed by atoms with van der Waals surface area (Å²) in [4.78, 5) is 1.57. The van der Waals surface area contributed by atoms with Crippen LogP contribution in [0, 0.1) is 5.92 Å². The topological polar surface area (TPSA) is 49.5 Å². The van der Waals surface area contributed by atoms with Gasteiger partial charge in [-0.2, -0.15) is 13.2 Å². The first-order chi connectivity index (χ1) is 8.97. The van der Waals surface area contributed by atoms with E-state index in [1.54, 1.807) is 4.90 Å². The largest absolute Gasteiger partial charge is 0.395 e. The van der Waals surface area contributed by atoms with E-state index < -0.39 is 18.6 Å². The molecule has 1 aromatic rings. The summed E-state index contributed by atoms with van der Waals surface area (Å²) in [6.45, 7) is -0.257. The second-order valence-corrected chi connectivity index (χ2v) is 4.42. The maximum absolute atomic E-state index is 12.7. The second-order valence-electron chi connectivity index (χ2n) is 4.42. The minimum atomic E-state index is -4.31. The van der Waals surface area contributed by atoms with Gasteiger partial charge < -0.3 is 10.8 Å². The van der Waals surface area contributed by atoms with E-state index in [-0.39, 0.29) is 19.7 Å². The van der Waals surface area contributed by atoms with E-state index in [1.165, 1.54) is 0 Å². The van der Waals surface area contributed by atoms with Gasteiger partial charge in [0.25, 0.3) is 0 Å². The molecule has 108 valence electrons. The van der Waals surface area contributed by atoms with Crippen molar-refractivity contribution in [2.24, 2.45) is 11.7 Å². The van der Waals surface area contributed by atoms with Crippen molar-refractivity contribution >= 4 is 0 Å². The van der Waals surface area contributed by atoms with Gasteiger partial charge in [-0.25, -0.2) is 0 Å². The molecule has 1 aromatic carbocycles. The number of nitrogens with two attached hydrogens (primary N) is 1. The number of hydrogen-bond acceptors (Lipinski definition) is 3. The average molecular weight is 276 g/mol. The molecule has 0 heterocycles. The highest BCUT2D eigenvalue weighted by atomic mass is 19.4. The van der Waals surface area contributed by atoms with Crippen LogP contribution in [-0.4, -0.2) is 42.4 Å². The fraction of sp³-hybridized carbons (Fsp3) is 0.538. The Bertz CT molecular complexity index is 357. The van der Waals surface area contributed by atoms with Crippen LogP contribution < -0.4 is 5.73 Å². The van der Waals surface area contributed by atoms with Crippen molar-refractivity contribution in [1.82, 2.24) is 4.90 Å². The number of benzene rings is 1. The molecule has 1 rings (SSSR count). The summed E-state index contributed by atoms with van der Waals surface area (Å²) in [6, 6.07) is 9.19. The van der Waals surface area contributed by atoms with Gasteiger partial charge >= 0.3 is 6.18 Å². The molecule has 0 saturated heterocycles. The Hall–Kier alpha value is -1.11. The summed E-state index contributed by atoms with van der Waals surface area (Å²) in [5.41, 5.74) is 6.10. The highest BCUT2D eigenvalue weighted by Gasteiger charge is 2.39. The molecule has 19 heavy (non-hydrogen) atoms. The van der Waals surface area contributed by atoms with Crippen molar-refractivity contribution in [3.63, 3.8) is 0 Å². The minimum Gasteiger partial charge on any atom is -0.395 e. The van der Waals surface area contributed by atoms with Crippen LogP contribution in [0.3, 0.4) is 0 Å². The Balaban J connectivity index is 2.67. The molecule has 0 saturated carbocycles. The smallest absolute Gasteiger partial charge is 0.394 e. The lowest BCUT2D eigenvalue weighted by atomic mass is 10.1. The zero-order chi connectivity index (χ0) is 14.3. The molecule has 0 radical (unpaired) electrons. The number of hydrogen-bond donors (Lipinski definition) is 2. The Morgan fingerprint density at radius 2 is 1.84 bits per heavy atom. The van der Waals surface area contributed by atoms with Crippen LogP contribution in [0.1, 0.15) is 5.56 Å². The number of nitrogens with zero attached hydrogens (tertiary/aromatic N) is 1. The predicted molar refractivity (Wildman–Crippen MR) is 67.4 cm³/mol. The van der Waals surface area contributed by atoms with Gasteiger partial charge in [-0.1, -0.05) is 30.3 Å². The van der Waals surface area contributed by atoms with Gasteiger partial charge in [-0.3, -0.25) is 4.90 Å². The lowest BCUT2D eigenvalue weighted by Crippen LogP contribution is -2.41. The summed E-state index contributed by atoms with van der Waals surface area (Å²) in [6.07, 6.45) is -4.31. The molecule has 1 unspecified atom stereocenters. The van der Waals surface area contributed by atoms with E-state index in [9.17, 15) is 13.2 Å². The second kappa shape index (κ2) is 7.47. The SMILES string of the molecule is NCC(CN(CCO)Cc1ccccc1)C(F)(F)F. The summed E-state index contributed by atoms with van der Waals surface area (Å²) in [5.74, 6) is -1.57. The maximum Gasteiger partial charge on any atom is 0.394 e. The zero-order valence-electron chi connectivity index (χ0n) is 10.6. The van der Waals surface area contributed by atoms with Crippen LogP contribution >= 0.6 is 0 Å². The van der Waals surface area contributed by atoms with E-state index in [0.717, 1.165) is 5.56 Å². The first-order valence-corrected chi connectivity index (χ1v) is 6.11. The average Bonchev–Trinajstić information content (AvgIpc) is 2.35. The third-order valence-corrected chi connectivity index (χ3v) is 2.89. The number of rotatable bonds is 7. The molecule has 0 aliphatic rings. The van der Waals surface area contributed by atoms with Crippen LogP contribution in [0.2, 0.25) is 0 Å². The van der Waals surface area contributed by atoms with Gasteiger partial charge in [-0.05, 0) is 5.56 Å². The van der Waals surface area contributed by atoms with E-state index in [0.29, 0.717) is 6.54 Å². The van der Waals surface area contributed by atoms with Gasteiger partial charge in [0.1, 0.15) is 0 Å². The molecule has 0 aliphatic carbocycles. The van der Waals surface area contributed by atoms with Crippen LogP contribution in [0.25, 0.3) is 0 Å². The Labute approximate surface area is 110 Å². The van der Waals surface area contributed by atoms with Gasteiger partial charge in [0.05, 0.1) is 12.5 Å². The summed E-state index contributed by atoms with van der Waals surface area (Å²) in [7, 11) is 0. The normalized spacial score (nSPS) is 13.8. The molecule has 1 atom stereocenters. The maximum atomic E-state index is 12.7. The third kappa shape index (κ3) is 5.59. The van der Waals surface area contributed by atoms with Crippen molar-refractivity contribution in [3.05, 3.63) is 35.9 Å². The van der Waals surface area contributed by atoms with Crippen molar-refractivity contribution in [2.45, 2.75) is 12.7 Å². The molecule has 0 fully saturated rings. The van der Waals surface area contributed by atoms with Crippen molar-refractivity contribution in [2.75, 3.05) is 26.2 Å². The molecule has 3 nitrogen and oxygen atoms in total. The molecule has 0 amide bonds. The van der Waals surface area contributed by atoms with Gasteiger partial charge in [-0.15, -0.1) is 0 Å². The molecule has 0 spiro atoms. The summed E-state index contributed by atoms with van der Waals surface area (Å²) < 4.78 is 38.1. The molecule has 0 bridgehead atoms. The quantitative estimate of drug-likeness (QED) is 0.795. The van der Waals surface area contributed by atoms with Crippen LogP contribution in [-0.2, 0) is 6.54 Å². The molecule has 0 aliphatic heterocycles. The number of aliphatic hydroxyl groups excluding tert-OH is 1. The molecular formula is C13H19F3N2O. The Kier molecular flexibility index (Phi) is 6.27. The van der Waals surface area contributed by atoms with E-state index in [4.69, 9.17) is 10.8 Å². The van der Waals surface area contributed by atoms with Gasteiger partial charge in [0.2, 0.25) is 0 Å². The van der Waals surface area contributed by atoms with Crippen LogP contribution in [0.4, 0.5) is 13.2 Å². The van der Waals surface area contributed by atoms with Crippen molar-refractivity contribution in [3.8, 4) is 0 Å². The number of aliphatic hydroxyl groups is 1. The fourth-order valence-electron chi connectivity index (χ4n) is 1.84. The first kappa shape index (κ1) is 15.9. The van der Waals surface area contributed by atoms with E-state index >= 15 is 0 Å². The van der Waals surface area contributed by atoms with Crippen molar-refractivity contribution < 1.29 is 18.3 Å². The lowest BCUT2D eigenvalue weighted by Gasteiger charge is -2.27. The van der Waals surface area contributed by atoms with Crippen molar-refractivity contribution in [1.29, 1.82) is 0 Å². The highest BCUT2D eigenvalue weighted by molar-refractivity contribution is 5.14. The third-order valence-electron chi connectivity index (χ3n) is 2.89. The molecular weight excluding hydrogens is 257 g/mol. The lowest BCUT2D eigenvalue weighted by molar-refractivity contribution is -0.176. The van der Waals surface area contributed by atoms with Crippen LogP contribution in [0.15, 0.2) is 30.3 Å². The predicted octanol–water partition coefficient (Wildman–Crippen LogP) is 1.62. The number of alkyl halides is 3. The van der Waals surface area contributed by atoms with Gasteiger partial charge in [0, 0.05) is 26.2 Å². The molecule has 0 aromatic heterocycles. The standard InChI is InChI=1S/C13H19F3N2O/c14-13(15,16)12(8-17)10-18(6-7-19)9-11-4-2-1-3-5-11/h1-5,12,19H,6-10,17H2. The number of halogens is 3. The Morgan fingerprint density at radius 1 is 1.21 bits per heavy atom.